The van der Waals surface area contributed by atoms with E-state index in [9.17, 15) is 0 Å². The molecular weight excluding hydrogens is 340 g/mol. The number of nitrogens with zero attached hydrogens (tertiary/aromatic N) is 5. The van der Waals surface area contributed by atoms with E-state index in [1.807, 2.05) is 48.5 Å². The molecule has 4 rings (SSSR count). The molecule has 0 unspecified atom stereocenters. The molecule has 0 saturated heterocycles. The molecule has 4 aromatic rings. The fraction of sp³-hybridized carbons (Fsp3) is 0.158. The third kappa shape index (κ3) is 3.62. The maximum absolute atomic E-state index is 5.74. The van der Waals surface area contributed by atoms with Gasteiger partial charge in [0, 0.05) is 12.2 Å². The maximum atomic E-state index is 5.74. The number of rotatable bonds is 6. The predicted molar refractivity (Wildman–Crippen MR) is 105 cm³/mol. The van der Waals surface area contributed by atoms with Gasteiger partial charge in [-0.25, -0.2) is 4.98 Å². The summed E-state index contributed by atoms with van der Waals surface area (Å²) < 4.78 is 1.69. The summed E-state index contributed by atoms with van der Waals surface area (Å²) in [7, 11) is 0. The van der Waals surface area contributed by atoms with Crippen molar-refractivity contribution in [1.82, 2.24) is 25.0 Å². The molecule has 0 radical (unpaired) electrons. The lowest BCUT2D eigenvalue weighted by Crippen LogP contribution is -2.04. The van der Waals surface area contributed by atoms with Gasteiger partial charge in [-0.3, -0.25) is 0 Å². The summed E-state index contributed by atoms with van der Waals surface area (Å²) in [5, 5.41) is 11.6. The lowest BCUT2D eigenvalue weighted by Gasteiger charge is -2.07. The highest BCUT2D eigenvalue weighted by molar-refractivity contribution is 5.72. The Morgan fingerprint density at radius 3 is 2.63 bits per heavy atom. The molecule has 0 aliphatic heterocycles. The maximum Gasteiger partial charge on any atom is 0.229 e. The Balaban J connectivity index is 1.65. The molecule has 2 heterocycles. The molecule has 0 atom stereocenters. The van der Waals surface area contributed by atoms with Crippen molar-refractivity contribution in [3.63, 3.8) is 0 Å². The van der Waals surface area contributed by atoms with Gasteiger partial charge < -0.3 is 16.8 Å². The van der Waals surface area contributed by atoms with E-state index in [1.165, 1.54) is 5.56 Å². The number of nitrogens with two attached hydrogens (primary N) is 2. The Hall–Kier alpha value is -3.36. The highest BCUT2D eigenvalue weighted by Crippen LogP contribution is 2.19. The van der Waals surface area contributed by atoms with Crippen LogP contribution in [-0.4, -0.2) is 31.5 Å². The van der Waals surface area contributed by atoms with Crippen LogP contribution in [0.1, 0.15) is 11.1 Å². The first-order chi connectivity index (χ1) is 13.3. The zero-order chi connectivity index (χ0) is 18.6. The molecule has 27 heavy (non-hydrogen) atoms. The van der Waals surface area contributed by atoms with Crippen LogP contribution in [0.3, 0.4) is 0 Å². The molecule has 2 aromatic heterocycles. The van der Waals surface area contributed by atoms with Crippen molar-refractivity contribution in [3.05, 3.63) is 65.9 Å². The summed E-state index contributed by atoms with van der Waals surface area (Å²) in [5.41, 5.74) is 16.5. The smallest absolute Gasteiger partial charge is 0.229 e. The summed E-state index contributed by atoms with van der Waals surface area (Å²) >= 11 is 0. The number of nitrogens with one attached hydrogen (secondary N) is 1. The van der Waals surface area contributed by atoms with Gasteiger partial charge >= 0.3 is 0 Å². The van der Waals surface area contributed by atoms with Crippen LogP contribution < -0.4 is 16.8 Å². The lowest BCUT2D eigenvalue weighted by atomic mass is 10.1. The molecule has 0 bridgehead atoms. The minimum absolute atomic E-state index is 0.461. The second kappa shape index (κ2) is 7.48. The van der Waals surface area contributed by atoms with Crippen molar-refractivity contribution in [2.75, 3.05) is 11.9 Å². The zero-order valence-electron chi connectivity index (χ0n) is 14.7. The highest BCUT2D eigenvalue weighted by atomic mass is 15.4. The van der Waals surface area contributed by atoms with Crippen LogP contribution >= 0.6 is 0 Å². The summed E-state index contributed by atoms with van der Waals surface area (Å²) in [6, 6.07) is 15.9. The molecule has 2 aromatic carbocycles. The number of fused-ring (bicyclic) bond motifs is 1. The standard InChI is InChI=1S/C19H20N8/c20-9-8-13-4-6-15(7-5-13)23-19-22-12-17-18(24-19)27(26-25-17)16-3-1-2-14(10-16)11-21/h1-7,10,12H,8-9,11,20-21H2,(H,22,23,24). The number of aromatic nitrogens is 5. The summed E-state index contributed by atoms with van der Waals surface area (Å²) in [4.78, 5) is 8.91. The topological polar surface area (TPSA) is 121 Å². The fourth-order valence-corrected chi connectivity index (χ4v) is 2.83. The van der Waals surface area contributed by atoms with Crippen molar-refractivity contribution in [3.8, 4) is 5.69 Å². The van der Waals surface area contributed by atoms with Gasteiger partial charge in [-0.05, 0) is 48.4 Å². The van der Waals surface area contributed by atoms with Gasteiger partial charge in [-0.15, -0.1) is 5.10 Å². The van der Waals surface area contributed by atoms with E-state index < -0.39 is 0 Å². The molecule has 136 valence electrons. The largest absolute Gasteiger partial charge is 0.330 e. The van der Waals surface area contributed by atoms with Gasteiger partial charge in [0.15, 0.2) is 11.2 Å². The second-order valence-corrected chi connectivity index (χ2v) is 6.14. The number of hydrogen-bond acceptors (Lipinski definition) is 7. The van der Waals surface area contributed by atoms with Crippen LogP contribution in [0.2, 0.25) is 0 Å². The average molecular weight is 360 g/mol. The summed E-state index contributed by atoms with van der Waals surface area (Å²) in [6.07, 6.45) is 2.51. The third-order valence-corrected chi connectivity index (χ3v) is 4.23. The van der Waals surface area contributed by atoms with E-state index in [1.54, 1.807) is 10.9 Å². The van der Waals surface area contributed by atoms with E-state index in [4.69, 9.17) is 11.5 Å². The van der Waals surface area contributed by atoms with Crippen molar-refractivity contribution >= 4 is 22.8 Å². The lowest BCUT2D eigenvalue weighted by molar-refractivity contribution is 0.815. The quantitative estimate of drug-likeness (QED) is 0.480. The van der Waals surface area contributed by atoms with Crippen molar-refractivity contribution < 1.29 is 0 Å². The van der Waals surface area contributed by atoms with E-state index in [0.29, 0.717) is 30.2 Å². The molecule has 0 spiro atoms. The molecule has 8 nitrogen and oxygen atoms in total. The van der Waals surface area contributed by atoms with Crippen molar-refractivity contribution in [2.24, 2.45) is 11.5 Å². The number of anilines is 2. The first-order valence-corrected chi connectivity index (χ1v) is 8.70. The second-order valence-electron chi connectivity index (χ2n) is 6.14. The van der Waals surface area contributed by atoms with Gasteiger partial charge in [-0.1, -0.05) is 29.5 Å². The Labute approximate surface area is 156 Å². The first kappa shape index (κ1) is 17.1. The van der Waals surface area contributed by atoms with E-state index in [2.05, 4.69) is 25.6 Å². The van der Waals surface area contributed by atoms with E-state index in [0.717, 1.165) is 23.4 Å². The molecule has 5 N–H and O–H groups in total. The minimum Gasteiger partial charge on any atom is -0.330 e. The average Bonchev–Trinajstić information content (AvgIpc) is 3.13. The van der Waals surface area contributed by atoms with Crippen LogP contribution in [0.5, 0.6) is 0 Å². The Bertz CT molecular complexity index is 1050. The molecule has 0 saturated carbocycles. The monoisotopic (exact) mass is 360 g/mol. The fourth-order valence-electron chi connectivity index (χ4n) is 2.83. The molecule has 0 fully saturated rings. The molecule has 0 aliphatic carbocycles. The highest BCUT2D eigenvalue weighted by Gasteiger charge is 2.10. The van der Waals surface area contributed by atoms with Crippen LogP contribution in [0, 0.1) is 0 Å². The van der Waals surface area contributed by atoms with Crippen molar-refractivity contribution in [1.29, 1.82) is 0 Å². The molecular formula is C19H20N8. The summed E-state index contributed by atoms with van der Waals surface area (Å²) in [6.45, 7) is 1.09. The van der Waals surface area contributed by atoms with E-state index >= 15 is 0 Å². The molecule has 0 amide bonds. The minimum atomic E-state index is 0.461. The Kier molecular flexibility index (Phi) is 4.73. The molecule has 0 aliphatic rings. The Morgan fingerprint density at radius 1 is 1.00 bits per heavy atom. The van der Waals surface area contributed by atoms with Gasteiger partial charge in [0.25, 0.3) is 0 Å². The van der Waals surface area contributed by atoms with Crippen molar-refractivity contribution in [2.45, 2.75) is 13.0 Å². The third-order valence-electron chi connectivity index (χ3n) is 4.23. The van der Waals surface area contributed by atoms with Gasteiger partial charge in [0.2, 0.25) is 5.95 Å². The van der Waals surface area contributed by atoms with Gasteiger partial charge in [-0.2, -0.15) is 9.67 Å². The van der Waals surface area contributed by atoms with Crippen LogP contribution in [0.25, 0.3) is 16.9 Å². The SMILES string of the molecule is NCCc1ccc(Nc2ncc3nnn(-c4cccc(CN)c4)c3n2)cc1. The van der Waals surface area contributed by atoms with E-state index in [-0.39, 0.29) is 0 Å². The number of benzene rings is 2. The van der Waals surface area contributed by atoms with Crippen LogP contribution in [-0.2, 0) is 13.0 Å². The van der Waals surface area contributed by atoms with Gasteiger partial charge in [0.05, 0.1) is 11.9 Å². The first-order valence-electron chi connectivity index (χ1n) is 8.70. The summed E-state index contributed by atoms with van der Waals surface area (Å²) in [5.74, 6) is 0.479. The Morgan fingerprint density at radius 2 is 1.85 bits per heavy atom. The predicted octanol–water partition coefficient (Wildman–Crippen LogP) is 1.91. The van der Waals surface area contributed by atoms with Crippen LogP contribution in [0.4, 0.5) is 11.6 Å². The molecule has 8 heteroatoms. The normalized spacial score (nSPS) is 11.0. The van der Waals surface area contributed by atoms with Gasteiger partial charge in [0.1, 0.15) is 0 Å². The van der Waals surface area contributed by atoms with Crippen LogP contribution in [0.15, 0.2) is 54.7 Å². The number of hydrogen-bond donors (Lipinski definition) is 3. The zero-order valence-corrected chi connectivity index (χ0v) is 14.7.